The number of thiocarbonyl (C=S) groups is 1. The number of nitrogens with zero attached hydrogens (tertiary/aromatic N) is 2. The predicted octanol–water partition coefficient (Wildman–Crippen LogP) is 8.61. The van der Waals surface area contributed by atoms with E-state index in [1.165, 1.54) is 28.0 Å². The molecule has 1 N–H and O–H groups in total. The largest absolute Gasteiger partial charge is 0.345 e. The molecule has 0 fully saturated rings. The lowest BCUT2D eigenvalue weighted by molar-refractivity contribution is 0.647. The summed E-state index contributed by atoms with van der Waals surface area (Å²) in [7, 11) is 0. The quantitative estimate of drug-likeness (QED) is 0.222. The van der Waals surface area contributed by atoms with Gasteiger partial charge in [0.25, 0.3) is 0 Å². The average molecular weight is 561 g/mol. The number of para-hydroxylation sites is 1. The molecule has 0 saturated carbocycles. The van der Waals surface area contributed by atoms with Crippen LogP contribution in [0.1, 0.15) is 24.1 Å². The molecule has 0 amide bonds. The Morgan fingerprint density at radius 1 is 0.886 bits per heavy atom. The van der Waals surface area contributed by atoms with E-state index in [9.17, 15) is 0 Å². The SMILES string of the molecule is S=C(Nc1ccccc1)c1c(-c2ccc(Cl)cc2)c2c3n(c(-c4ccc(Br)cc4)cn13)CCCC2. The number of nitrogens with one attached hydrogen (secondary N) is 1. The molecule has 5 aromatic rings. The average Bonchev–Trinajstić information content (AvgIpc) is 3.28. The first-order chi connectivity index (χ1) is 17.1. The summed E-state index contributed by atoms with van der Waals surface area (Å²) in [5, 5.41) is 4.22. The number of aromatic nitrogens is 2. The topological polar surface area (TPSA) is 21.4 Å². The number of aryl methyl sites for hydroxylation is 2. The first-order valence-electron chi connectivity index (χ1n) is 11.7. The van der Waals surface area contributed by atoms with Crippen LogP contribution in [0.2, 0.25) is 5.02 Å². The summed E-state index contributed by atoms with van der Waals surface area (Å²) in [6.45, 7) is 0.983. The van der Waals surface area contributed by atoms with Crippen molar-refractivity contribution in [3.05, 3.63) is 106 Å². The third-order valence-electron chi connectivity index (χ3n) is 6.65. The van der Waals surface area contributed by atoms with Gasteiger partial charge in [-0.1, -0.05) is 82.2 Å². The summed E-state index contributed by atoms with van der Waals surface area (Å²) >= 11 is 15.9. The van der Waals surface area contributed by atoms with Gasteiger partial charge in [0.15, 0.2) is 0 Å². The van der Waals surface area contributed by atoms with Crippen LogP contribution >= 0.6 is 39.7 Å². The molecule has 0 spiro atoms. The summed E-state index contributed by atoms with van der Waals surface area (Å²) in [6, 6.07) is 26.8. The molecule has 2 aromatic heterocycles. The van der Waals surface area contributed by atoms with Gasteiger partial charge in [0.2, 0.25) is 0 Å². The Hall–Kier alpha value is -2.86. The van der Waals surface area contributed by atoms with Crippen LogP contribution in [0, 0.1) is 0 Å². The number of rotatable bonds is 4. The number of halogens is 2. The number of benzene rings is 3. The van der Waals surface area contributed by atoms with Crippen LogP contribution in [-0.2, 0) is 13.0 Å². The zero-order valence-electron chi connectivity index (χ0n) is 19.0. The fourth-order valence-electron chi connectivity index (χ4n) is 5.10. The van der Waals surface area contributed by atoms with E-state index in [0.29, 0.717) is 4.99 Å². The van der Waals surface area contributed by atoms with Crippen molar-refractivity contribution in [3.8, 4) is 22.4 Å². The minimum absolute atomic E-state index is 0.711. The molecule has 0 aliphatic carbocycles. The van der Waals surface area contributed by atoms with Gasteiger partial charge in [-0.05, 0) is 66.8 Å². The van der Waals surface area contributed by atoms with E-state index < -0.39 is 0 Å². The van der Waals surface area contributed by atoms with Gasteiger partial charge in [-0.3, -0.25) is 4.40 Å². The lowest BCUT2D eigenvalue weighted by Crippen LogP contribution is -2.14. The van der Waals surface area contributed by atoms with Crippen LogP contribution in [0.3, 0.4) is 0 Å². The molecular weight excluding hydrogens is 538 g/mol. The standard InChI is InChI=1S/C29H23BrClN3S/c30-21-13-9-19(10-14-21)25-18-34-27(28(35)32-23-6-2-1-3-7-23)26(20-11-15-22(31)16-12-20)24-8-4-5-17-33(25)29(24)34/h1-3,6-7,9-16,18H,4-5,8,17H2,(H,32,35). The monoisotopic (exact) mass is 559 g/mol. The normalized spacial score (nSPS) is 13.1. The molecule has 1 aliphatic heterocycles. The van der Waals surface area contributed by atoms with Crippen LogP contribution < -0.4 is 5.32 Å². The Labute approximate surface area is 223 Å². The molecule has 0 radical (unpaired) electrons. The lowest BCUT2D eigenvalue weighted by atomic mass is 9.98. The molecule has 1 aliphatic rings. The molecule has 174 valence electrons. The first kappa shape index (κ1) is 22.6. The van der Waals surface area contributed by atoms with Crippen molar-refractivity contribution in [3.63, 3.8) is 0 Å². The first-order valence-corrected chi connectivity index (χ1v) is 13.3. The zero-order valence-corrected chi connectivity index (χ0v) is 22.1. The van der Waals surface area contributed by atoms with Crippen molar-refractivity contribution in [2.45, 2.75) is 25.8 Å². The van der Waals surface area contributed by atoms with Crippen LogP contribution in [0.4, 0.5) is 5.69 Å². The second-order valence-corrected chi connectivity index (χ2v) is 10.6. The molecule has 3 nitrogen and oxygen atoms in total. The molecule has 0 bridgehead atoms. The maximum absolute atomic E-state index is 6.25. The van der Waals surface area contributed by atoms with Gasteiger partial charge < -0.3 is 9.88 Å². The van der Waals surface area contributed by atoms with E-state index in [0.717, 1.165) is 52.2 Å². The van der Waals surface area contributed by atoms with Gasteiger partial charge in [0.1, 0.15) is 10.6 Å². The van der Waals surface area contributed by atoms with E-state index in [4.69, 9.17) is 23.8 Å². The van der Waals surface area contributed by atoms with Crippen molar-refractivity contribution in [1.82, 2.24) is 8.97 Å². The van der Waals surface area contributed by atoms with Gasteiger partial charge in [0.05, 0.1) is 11.4 Å². The smallest absolute Gasteiger partial charge is 0.128 e. The Morgan fingerprint density at radius 3 is 2.34 bits per heavy atom. The number of imidazole rings is 1. The van der Waals surface area contributed by atoms with Crippen molar-refractivity contribution >= 4 is 56.1 Å². The van der Waals surface area contributed by atoms with Gasteiger partial charge in [-0.25, -0.2) is 0 Å². The lowest BCUT2D eigenvalue weighted by Gasteiger charge is -2.12. The Morgan fingerprint density at radius 2 is 1.60 bits per heavy atom. The fraction of sp³-hybridized carbons (Fsp3) is 0.138. The highest BCUT2D eigenvalue weighted by atomic mass is 79.9. The van der Waals surface area contributed by atoms with Gasteiger partial charge in [-0.2, -0.15) is 0 Å². The van der Waals surface area contributed by atoms with Gasteiger partial charge in [-0.15, -0.1) is 0 Å². The molecule has 3 heterocycles. The molecule has 3 aromatic carbocycles. The van der Waals surface area contributed by atoms with Crippen molar-refractivity contribution in [1.29, 1.82) is 0 Å². The van der Waals surface area contributed by atoms with Crippen LogP contribution in [0.15, 0.2) is 89.5 Å². The Kier molecular flexibility index (Phi) is 6.01. The van der Waals surface area contributed by atoms with E-state index >= 15 is 0 Å². The summed E-state index contributed by atoms with van der Waals surface area (Å²) in [6.07, 6.45) is 5.55. The molecule has 0 atom stereocenters. The summed E-state index contributed by atoms with van der Waals surface area (Å²) in [5.74, 6) is 0. The minimum atomic E-state index is 0.711. The van der Waals surface area contributed by atoms with E-state index in [1.54, 1.807) is 0 Å². The maximum atomic E-state index is 6.25. The molecule has 0 unspecified atom stereocenters. The molecular formula is C29H23BrClN3S. The highest BCUT2D eigenvalue weighted by Crippen LogP contribution is 2.40. The van der Waals surface area contributed by atoms with Crippen molar-refractivity contribution < 1.29 is 0 Å². The summed E-state index contributed by atoms with van der Waals surface area (Å²) in [4.78, 5) is 0.711. The summed E-state index contributed by atoms with van der Waals surface area (Å²) < 4.78 is 5.86. The van der Waals surface area contributed by atoms with Crippen LogP contribution in [0.25, 0.3) is 28.0 Å². The van der Waals surface area contributed by atoms with E-state index in [1.807, 2.05) is 42.5 Å². The van der Waals surface area contributed by atoms with Crippen molar-refractivity contribution in [2.75, 3.05) is 5.32 Å². The highest BCUT2D eigenvalue weighted by Gasteiger charge is 2.28. The summed E-state index contributed by atoms with van der Waals surface area (Å²) in [5.41, 5.74) is 9.33. The number of hydrogen-bond acceptors (Lipinski definition) is 1. The second kappa shape index (κ2) is 9.30. The second-order valence-electron chi connectivity index (χ2n) is 8.85. The molecule has 6 heteroatoms. The van der Waals surface area contributed by atoms with Crippen molar-refractivity contribution in [2.24, 2.45) is 0 Å². The van der Waals surface area contributed by atoms with Gasteiger partial charge >= 0.3 is 0 Å². The zero-order chi connectivity index (χ0) is 23.9. The number of hydrogen-bond donors (Lipinski definition) is 1. The Balaban J connectivity index is 1.62. The van der Waals surface area contributed by atoms with Crippen LogP contribution in [-0.4, -0.2) is 14.0 Å². The third-order valence-corrected chi connectivity index (χ3v) is 7.73. The highest BCUT2D eigenvalue weighted by molar-refractivity contribution is 9.10. The van der Waals surface area contributed by atoms with E-state index in [-0.39, 0.29) is 0 Å². The van der Waals surface area contributed by atoms with Gasteiger partial charge in [0, 0.05) is 39.1 Å². The molecule has 35 heavy (non-hydrogen) atoms. The maximum Gasteiger partial charge on any atom is 0.128 e. The molecule has 6 rings (SSSR count). The molecule has 0 saturated heterocycles. The third kappa shape index (κ3) is 4.12. The van der Waals surface area contributed by atoms with Crippen LogP contribution in [0.5, 0.6) is 0 Å². The fourth-order valence-corrected chi connectivity index (χ4v) is 5.81. The Bertz CT molecular complexity index is 1530. The van der Waals surface area contributed by atoms with E-state index in [2.05, 4.69) is 72.8 Å². The predicted molar refractivity (Wildman–Crippen MR) is 154 cm³/mol. The number of anilines is 1. The minimum Gasteiger partial charge on any atom is -0.345 e.